The van der Waals surface area contributed by atoms with Gasteiger partial charge in [0.05, 0.1) is 11.3 Å². The maximum absolute atomic E-state index is 12.8. The van der Waals surface area contributed by atoms with Crippen LogP contribution in [0.25, 0.3) is 11.1 Å². The molecule has 0 aliphatic rings. The van der Waals surface area contributed by atoms with Crippen LogP contribution in [0.1, 0.15) is 11.3 Å². The fourth-order valence-corrected chi connectivity index (χ4v) is 2.71. The van der Waals surface area contributed by atoms with E-state index in [0.29, 0.717) is 5.69 Å². The summed E-state index contributed by atoms with van der Waals surface area (Å²) in [5.74, 6) is -0.877. The fourth-order valence-electron chi connectivity index (χ4n) is 2.71. The first-order chi connectivity index (χ1) is 13.3. The highest BCUT2D eigenvalue weighted by Crippen LogP contribution is 2.35. The lowest BCUT2D eigenvalue weighted by atomic mass is 10.0. The molecule has 0 radical (unpaired) electrons. The molecule has 0 N–H and O–H groups in total. The van der Waals surface area contributed by atoms with Crippen molar-refractivity contribution >= 4 is 11.6 Å². The SMILES string of the molecule is Cc1c(C(F)(F)F)noc1OCC(=O)N(C)c1ccccc1-c1ccccc1. The molecule has 0 saturated carbocycles. The topological polar surface area (TPSA) is 55.6 Å². The summed E-state index contributed by atoms with van der Waals surface area (Å²) in [4.78, 5) is 13.9. The van der Waals surface area contributed by atoms with Crippen molar-refractivity contribution in [2.24, 2.45) is 0 Å². The minimum Gasteiger partial charge on any atom is -0.453 e. The molecule has 1 aromatic heterocycles. The Hall–Kier alpha value is -3.29. The number of halogens is 3. The molecule has 1 amide bonds. The number of anilines is 1. The quantitative estimate of drug-likeness (QED) is 0.633. The molecule has 3 rings (SSSR count). The number of aromatic nitrogens is 1. The summed E-state index contributed by atoms with van der Waals surface area (Å²) in [6.07, 6.45) is -4.65. The Kier molecular flexibility index (Phi) is 5.39. The second-order valence-electron chi connectivity index (χ2n) is 6.07. The number of alkyl halides is 3. The minimum atomic E-state index is -4.65. The number of rotatable bonds is 5. The van der Waals surface area contributed by atoms with Gasteiger partial charge < -0.3 is 14.2 Å². The third kappa shape index (κ3) is 4.00. The molecule has 0 atom stereocenters. The third-order valence-corrected chi connectivity index (χ3v) is 4.20. The van der Waals surface area contributed by atoms with E-state index in [9.17, 15) is 18.0 Å². The molecule has 8 heteroatoms. The Bertz CT molecular complexity index is 968. The van der Waals surface area contributed by atoms with E-state index >= 15 is 0 Å². The van der Waals surface area contributed by atoms with Crippen molar-refractivity contribution in [1.82, 2.24) is 5.16 Å². The number of para-hydroxylation sites is 1. The van der Waals surface area contributed by atoms with Gasteiger partial charge in [-0.05, 0) is 18.6 Å². The van der Waals surface area contributed by atoms with Crippen LogP contribution in [0.4, 0.5) is 18.9 Å². The number of likely N-dealkylation sites (N-methyl/N-ethyl adjacent to an activating group) is 1. The number of ether oxygens (including phenoxy) is 1. The molecule has 0 saturated heterocycles. The van der Waals surface area contributed by atoms with Gasteiger partial charge in [-0.3, -0.25) is 4.79 Å². The van der Waals surface area contributed by atoms with E-state index in [1.807, 2.05) is 42.5 Å². The molecule has 28 heavy (non-hydrogen) atoms. The van der Waals surface area contributed by atoms with Gasteiger partial charge in [0.25, 0.3) is 5.91 Å². The lowest BCUT2D eigenvalue weighted by Crippen LogP contribution is -2.31. The number of nitrogens with zero attached hydrogens (tertiary/aromatic N) is 2. The van der Waals surface area contributed by atoms with Crippen molar-refractivity contribution < 1.29 is 27.2 Å². The van der Waals surface area contributed by atoms with E-state index in [0.717, 1.165) is 11.1 Å². The molecule has 0 fully saturated rings. The zero-order chi connectivity index (χ0) is 20.3. The maximum atomic E-state index is 12.8. The highest BCUT2D eigenvalue weighted by Gasteiger charge is 2.38. The predicted molar refractivity (Wildman–Crippen MR) is 97.0 cm³/mol. The van der Waals surface area contributed by atoms with E-state index in [1.165, 1.54) is 11.8 Å². The third-order valence-electron chi connectivity index (χ3n) is 4.20. The van der Waals surface area contributed by atoms with Crippen molar-refractivity contribution in [1.29, 1.82) is 0 Å². The normalized spacial score (nSPS) is 11.3. The molecule has 5 nitrogen and oxygen atoms in total. The molecule has 0 aliphatic carbocycles. The van der Waals surface area contributed by atoms with Gasteiger partial charge >= 0.3 is 12.1 Å². The molecule has 0 bridgehead atoms. The molecular formula is C20H17F3N2O3. The Morgan fingerprint density at radius 3 is 2.39 bits per heavy atom. The summed E-state index contributed by atoms with van der Waals surface area (Å²) < 4.78 is 48.0. The Morgan fingerprint density at radius 1 is 1.11 bits per heavy atom. The second kappa shape index (κ2) is 7.75. The highest BCUT2D eigenvalue weighted by molar-refractivity contribution is 5.98. The number of amides is 1. The van der Waals surface area contributed by atoms with E-state index in [1.54, 1.807) is 19.2 Å². The monoisotopic (exact) mass is 390 g/mol. The predicted octanol–water partition coefficient (Wildman–Crippen LogP) is 4.71. The minimum absolute atomic E-state index is 0.298. The van der Waals surface area contributed by atoms with Crippen LogP contribution in [-0.2, 0) is 11.0 Å². The molecule has 1 heterocycles. The first-order valence-electron chi connectivity index (χ1n) is 8.36. The van der Waals surface area contributed by atoms with Crippen LogP contribution < -0.4 is 9.64 Å². The number of carbonyl (C=O) groups excluding carboxylic acids is 1. The summed E-state index contributed by atoms with van der Waals surface area (Å²) in [6.45, 7) is 0.681. The van der Waals surface area contributed by atoms with Crippen LogP contribution in [0.3, 0.4) is 0 Å². The number of benzene rings is 2. The summed E-state index contributed by atoms with van der Waals surface area (Å²) in [5, 5.41) is 2.97. The first-order valence-corrected chi connectivity index (χ1v) is 8.36. The molecule has 146 valence electrons. The van der Waals surface area contributed by atoms with Gasteiger partial charge in [-0.2, -0.15) is 13.2 Å². The Morgan fingerprint density at radius 2 is 1.75 bits per heavy atom. The van der Waals surface area contributed by atoms with Crippen molar-refractivity contribution in [3.05, 3.63) is 65.9 Å². The van der Waals surface area contributed by atoms with Gasteiger partial charge in [-0.25, -0.2) is 0 Å². The number of hydrogen-bond donors (Lipinski definition) is 0. The summed E-state index contributed by atoms with van der Waals surface area (Å²) in [5.41, 5.74) is 0.951. The second-order valence-corrected chi connectivity index (χ2v) is 6.07. The average Bonchev–Trinajstić information content (AvgIpc) is 3.07. The summed E-state index contributed by atoms with van der Waals surface area (Å²) >= 11 is 0. The van der Waals surface area contributed by atoms with Crippen molar-refractivity contribution in [3.63, 3.8) is 0 Å². The van der Waals surface area contributed by atoms with E-state index in [4.69, 9.17) is 4.74 Å². The van der Waals surface area contributed by atoms with Crippen molar-refractivity contribution in [2.45, 2.75) is 13.1 Å². The van der Waals surface area contributed by atoms with Gasteiger partial charge in [-0.1, -0.05) is 53.7 Å². The van der Waals surface area contributed by atoms with E-state index < -0.39 is 30.3 Å². The molecule has 2 aromatic carbocycles. The van der Waals surface area contributed by atoms with Crippen LogP contribution in [0, 0.1) is 6.92 Å². The Balaban J connectivity index is 1.76. The first kappa shape index (κ1) is 19.5. The van der Waals surface area contributed by atoms with Crippen LogP contribution in [0.15, 0.2) is 59.1 Å². The highest BCUT2D eigenvalue weighted by atomic mass is 19.4. The van der Waals surface area contributed by atoms with Gasteiger partial charge in [0.15, 0.2) is 12.3 Å². The molecule has 0 spiro atoms. The largest absolute Gasteiger partial charge is 0.453 e. The van der Waals surface area contributed by atoms with Gasteiger partial charge in [0, 0.05) is 12.6 Å². The molecule has 3 aromatic rings. The van der Waals surface area contributed by atoms with Gasteiger partial charge in [-0.15, -0.1) is 0 Å². The zero-order valence-corrected chi connectivity index (χ0v) is 15.2. The van der Waals surface area contributed by atoms with Crippen LogP contribution in [0.5, 0.6) is 5.95 Å². The average molecular weight is 390 g/mol. The molecule has 0 unspecified atom stereocenters. The fraction of sp³-hybridized carbons (Fsp3) is 0.200. The zero-order valence-electron chi connectivity index (χ0n) is 15.2. The maximum Gasteiger partial charge on any atom is 0.437 e. The lowest BCUT2D eigenvalue weighted by molar-refractivity contribution is -0.143. The number of carbonyl (C=O) groups is 1. The standard InChI is InChI=1S/C20H17F3N2O3/c1-13-18(20(21,22)23)24-28-19(13)27-12-17(26)25(2)16-11-7-6-10-15(16)14-8-4-3-5-9-14/h3-11H,12H2,1-2H3. The van der Waals surface area contributed by atoms with Crippen LogP contribution in [-0.4, -0.2) is 24.7 Å². The summed E-state index contributed by atoms with van der Waals surface area (Å²) in [6, 6.07) is 16.8. The lowest BCUT2D eigenvalue weighted by Gasteiger charge is -2.20. The van der Waals surface area contributed by atoms with E-state index in [2.05, 4.69) is 9.68 Å². The van der Waals surface area contributed by atoms with E-state index in [-0.39, 0.29) is 5.56 Å². The van der Waals surface area contributed by atoms with Gasteiger partial charge in [0.1, 0.15) is 0 Å². The molecule has 0 aliphatic heterocycles. The van der Waals surface area contributed by atoms with Gasteiger partial charge in [0.2, 0.25) is 0 Å². The summed E-state index contributed by atoms with van der Waals surface area (Å²) in [7, 11) is 1.57. The van der Waals surface area contributed by atoms with Crippen LogP contribution in [0.2, 0.25) is 0 Å². The molecular weight excluding hydrogens is 373 g/mol. The smallest absolute Gasteiger partial charge is 0.437 e. The number of hydrogen-bond acceptors (Lipinski definition) is 4. The van der Waals surface area contributed by atoms with Crippen LogP contribution >= 0.6 is 0 Å². The Labute approximate surface area is 159 Å². The van der Waals surface area contributed by atoms with Crippen molar-refractivity contribution in [3.8, 4) is 17.1 Å². The van der Waals surface area contributed by atoms with Crippen molar-refractivity contribution in [2.75, 3.05) is 18.6 Å².